The van der Waals surface area contributed by atoms with Crippen LogP contribution in [0.2, 0.25) is 0 Å². The number of halogens is 1. The Kier molecular flexibility index (Phi) is 2.27. The summed E-state index contributed by atoms with van der Waals surface area (Å²) in [5.74, 6) is -0.398. The Bertz CT molecular complexity index is 250. The van der Waals surface area contributed by atoms with Gasteiger partial charge in [0.05, 0.1) is 0 Å². The van der Waals surface area contributed by atoms with Gasteiger partial charge in [-0.1, -0.05) is 11.6 Å². The molecule has 0 unspecified atom stereocenters. The van der Waals surface area contributed by atoms with Crippen molar-refractivity contribution < 1.29 is 9.53 Å². The minimum Gasteiger partial charge on any atom is -0.355 e. The van der Waals surface area contributed by atoms with Crippen molar-refractivity contribution in [3.05, 3.63) is 0 Å². The first-order valence-corrected chi connectivity index (χ1v) is 3.94. The minimum absolute atomic E-state index is 0.398. The first kappa shape index (κ1) is 9.30. The molecule has 66 valence electrons. The summed E-state index contributed by atoms with van der Waals surface area (Å²) in [5.41, 5.74) is 0. The third kappa shape index (κ3) is 0.977. The molecule has 1 rings (SSSR count). The van der Waals surface area contributed by atoms with Crippen LogP contribution < -0.4 is 0 Å². The third-order valence-electron chi connectivity index (χ3n) is 1.81. The van der Waals surface area contributed by atoms with Crippen LogP contribution in [0, 0.1) is 11.3 Å². The van der Waals surface area contributed by atoms with Crippen LogP contribution in [0.25, 0.3) is 0 Å². The molecule has 0 aromatic heterocycles. The fourth-order valence-electron chi connectivity index (χ4n) is 1.16. The Balaban J connectivity index is 2.76. The van der Waals surface area contributed by atoms with E-state index >= 15 is 0 Å². The molecular formula is C7H9ClN2O2. The Morgan fingerprint density at radius 2 is 2.50 bits per heavy atom. The number of nitrogens with zero attached hydrogens (tertiary/aromatic N) is 2. The van der Waals surface area contributed by atoms with Crippen LogP contribution in [0.5, 0.6) is 0 Å². The second kappa shape index (κ2) is 2.92. The zero-order valence-electron chi connectivity index (χ0n) is 6.87. The van der Waals surface area contributed by atoms with Crippen molar-refractivity contribution in [2.75, 3.05) is 13.7 Å². The fraction of sp³-hybridized carbons (Fsp3) is 0.714. The lowest BCUT2D eigenvalue weighted by Crippen LogP contribution is -2.69. The van der Waals surface area contributed by atoms with Crippen molar-refractivity contribution in [3.63, 3.8) is 0 Å². The molecule has 0 spiro atoms. The first-order chi connectivity index (χ1) is 5.57. The highest BCUT2D eigenvalue weighted by atomic mass is 35.5. The van der Waals surface area contributed by atoms with Crippen molar-refractivity contribution >= 4 is 17.5 Å². The van der Waals surface area contributed by atoms with Gasteiger partial charge < -0.3 is 9.64 Å². The highest BCUT2D eigenvalue weighted by Gasteiger charge is 2.60. The second-order valence-electron chi connectivity index (χ2n) is 2.55. The summed E-state index contributed by atoms with van der Waals surface area (Å²) >= 11 is 5.70. The number of rotatable bonds is 2. The Hall–Kier alpha value is -0.790. The number of ether oxygens (including phenoxy) is 1. The van der Waals surface area contributed by atoms with Crippen LogP contribution in [0.4, 0.5) is 0 Å². The van der Waals surface area contributed by atoms with E-state index in [-0.39, 0.29) is 0 Å². The fourth-order valence-corrected chi connectivity index (χ4v) is 1.50. The molecule has 0 aliphatic carbocycles. The number of nitriles is 1. The van der Waals surface area contributed by atoms with Crippen LogP contribution in [0.1, 0.15) is 6.92 Å². The van der Waals surface area contributed by atoms with E-state index in [1.807, 2.05) is 0 Å². The maximum Gasteiger partial charge on any atom is 0.264 e. The van der Waals surface area contributed by atoms with Crippen LogP contribution in [0.15, 0.2) is 0 Å². The molecule has 0 aromatic carbocycles. The average molecular weight is 189 g/mol. The summed E-state index contributed by atoms with van der Waals surface area (Å²) in [6.07, 6.45) is -0.610. The molecule has 4 nitrogen and oxygen atoms in total. The maximum absolute atomic E-state index is 11.1. The van der Waals surface area contributed by atoms with E-state index in [0.717, 1.165) is 0 Å². The lowest BCUT2D eigenvalue weighted by Gasteiger charge is -2.45. The molecule has 1 fully saturated rings. The van der Waals surface area contributed by atoms with Gasteiger partial charge in [-0.25, -0.2) is 0 Å². The number of hydrogen-bond donors (Lipinski definition) is 0. The molecule has 1 saturated heterocycles. The quantitative estimate of drug-likeness (QED) is 0.463. The molecule has 1 aliphatic rings. The number of amides is 1. The van der Waals surface area contributed by atoms with Gasteiger partial charge in [-0.15, -0.1) is 0 Å². The van der Waals surface area contributed by atoms with E-state index in [1.165, 1.54) is 4.90 Å². The summed E-state index contributed by atoms with van der Waals surface area (Å²) in [7, 11) is 1.56. The molecule has 0 aromatic rings. The topological polar surface area (TPSA) is 53.3 Å². The van der Waals surface area contributed by atoms with Gasteiger partial charge in [-0.05, 0) is 6.92 Å². The van der Waals surface area contributed by atoms with Gasteiger partial charge in [0.1, 0.15) is 6.07 Å². The van der Waals surface area contributed by atoms with Crippen LogP contribution in [-0.2, 0) is 9.53 Å². The summed E-state index contributed by atoms with van der Waals surface area (Å²) < 4.78 is 5.12. The van der Waals surface area contributed by atoms with Gasteiger partial charge in [0.2, 0.25) is 0 Å². The summed E-state index contributed by atoms with van der Waals surface area (Å²) in [6, 6.07) is 1.74. The Morgan fingerprint density at radius 1 is 1.92 bits per heavy atom. The Labute approximate surface area is 75.7 Å². The normalized spacial score (nSPS) is 34.3. The summed E-state index contributed by atoms with van der Waals surface area (Å²) in [4.78, 5) is 10.9. The Morgan fingerprint density at radius 3 is 2.92 bits per heavy atom. The van der Waals surface area contributed by atoms with Gasteiger partial charge in [-0.3, -0.25) is 4.79 Å². The van der Waals surface area contributed by atoms with Crippen molar-refractivity contribution in [1.82, 2.24) is 4.90 Å². The van der Waals surface area contributed by atoms with Gasteiger partial charge >= 0.3 is 0 Å². The van der Waals surface area contributed by atoms with E-state index in [1.54, 1.807) is 20.0 Å². The number of carbonyl (C=O) groups is 1. The van der Waals surface area contributed by atoms with Crippen molar-refractivity contribution in [1.29, 1.82) is 5.26 Å². The highest BCUT2D eigenvalue weighted by Crippen LogP contribution is 2.35. The van der Waals surface area contributed by atoms with Crippen LogP contribution >= 0.6 is 11.6 Å². The largest absolute Gasteiger partial charge is 0.355 e. The van der Waals surface area contributed by atoms with Crippen molar-refractivity contribution in [2.45, 2.75) is 18.0 Å². The van der Waals surface area contributed by atoms with E-state index in [0.29, 0.717) is 6.61 Å². The van der Waals surface area contributed by atoms with Crippen LogP contribution in [0.3, 0.4) is 0 Å². The van der Waals surface area contributed by atoms with E-state index < -0.39 is 17.0 Å². The van der Waals surface area contributed by atoms with Gasteiger partial charge in [0.15, 0.2) is 6.23 Å². The predicted octanol–water partition coefficient (Wildman–Crippen LogP) is 0.322. The molecule has 1 aliphatic heterocycles. The minimum atomic E-state index is -1.50. The monoisotopic (exact) mass is 188 g/mol. The average Bonchev–Trinajstić information content (AvgIpc) is 2.11. The molecule has 1 amide bonds. The van der Waals surface area contributed by atoms with Crippen molar-refractivity contribution in [3.8, 4) is 6.07 Å². The SMILES string of the molecule is CCO[C@H]1N(C)C(=O)[C@@]1(Cl)C#N. The number of hydrogen-bond acceptors (Lipinski definition) is 3. The first-order valence-electron chi connectivity index (χ1n) is 3.57. The zero-order chi connectivity index (χ0) is 9.35. The molecule has 5 heteroatoms. The third-order valence-corrected chi connectivity index (χ3v) is 2.24. The van der Waals surface area contributed by atoms with Gasteiger partial charge in [-0.2, -0.15) is 5.26 Å². The number of β-lactam (4-membered cyclic amide) rings is 1. The lowest BCUT2D eigenvalue weighted by atomic mass is 9.97. The standard InChI is InChI=1S/C7H9ClN2O2/c1-3-12-6-7(8,4-9)5(11)10(6)2/h6H,3H2,1-2H3/t6-,7+/m1/s1. The van der Waals surface area contributed by atoms with Gasteiger partial charge in [0.25, 0.3) is 10.8 Å². The lowest BCUT2D eigenvalue weighted by molar-refractivity contribution is -0.174. The highest BCUT2D eigenvalue weighted by molar-refractivity contribution is 6.40. The number of carbonyl (C=O) groups excluding carboxylic acids is 1. The summed E-state index contributed by atoms with van der Waals surface area (Å²) in [5, 5.41) is 8.62. The second-order valence-corrected chi connectivity index (χ2v) is 3.14. The van der Waals surface area contributed by atoms with E-state index in [4.69, 9.17) is 21.6 Å². The molecule has 0 N–H and O–H groups in total. The van der Waals surface area contributed by atoms with Gasteiger partial charge in [0, 0.05) is 13.7 Å². The van der Waals surface area contributed by atoms with Crippen molar-refractivity contribution in [2.24, 2.45) is 0 Å². The smallest absolute Gasteiger partial charge is 0.264 e. The maximum atomic E-state index is 11.1. The molecule has 12 heavy (non-hydrogen) atoms. The van der Waals surface area contributed by atoms with E-state index in [2.05, 4.69) is 0 Å². The molecule has 0 saturated carbocycles. The van der Waals surface area contributed by atoms with E-state index in [9.17, 15) is 4.79 Å². The molecule has 0 bridgehead atoms. The zero-order valence-corrected chi connectivity index (χ0v) is 7.63. The number of alkyl halides is 1. The molecule has 0 radical (unpaired) electrons. The molecular weight excluding hydrogens is 180 g/mol. The number of likely N-dealkylation sites (tertiary alicyclic amines) is 1. The summed E-state index contributed by atoms with van der Waals surface area (Å²) in [6.45, 7) is 2.21. The van der Waals surface area contributed by atoms with Crippen LogP contribution in [-0.4, -0.2) is 35.6 Å². The predicted molar refractivity (Wildman–Crippen MR) is 42.4 cm³/mol. The molecule has 2 atom stereocenters. The molecule has 1 heterocycles.